The smallest absolute Gasteiger partial charge is 0.0638 e. The summed E-state index contributed by atoms with van der Waals surface area (Å²) in [5.74, 6) is 0. The Balaban J connectivity index is 2.02. The second-order valence-electron chi connectivity index (χ2n) is 4.70. The highest BCUT2D eigenvalue weighted by atomic mass is 79.9. The molecule has 1 aliphatic heterocycles. The summed E-state index contributed by atoms with van der Waals surface area (Å²) in [5, 5.41) is 4.36. The first kappa shape index (κ1) is 13.2. The number of benzene rings is 1. The molecular weight excluding hydrogens is 300 g/mol. The van der Waals surface area contributed by atoms with Gasteiger partial charge in [0.25, 0.3) is 0 Å². The van der Waals surface area contributed by atoms with Crippen LogP contribution in [0.5, 0.6) is 0 Å². The van der Waals surface area contributed by atoms with Crippen LogP contribution in [0.15, 0.2) is 22.7 Å². The average molecular weight is 318 g/mol. The van der Waals surface area contributed by atoms with Gasteiger partial charge in [0.15, 0.2) is 0 Å². The molecule has 2 rings (SSSR count). The molecule has 1 unspecified atom stereocenters. The normalized spacial score (nSPS) is 22.2. The van der Waals surface area contributed by atoms with Gasteiger partial charge in [0, 0.05) is 10.5 Å². The monoisotopic (exact) mass is 316 g/mol. The summed E-state index contributed by atoms with van der Waals surface area (Å²) in [6.45, 7) is 2.35. The lowest BCUT2D eigenvalue weighted by Gasteiger charge is -2.19. The van der Waals surface area contributed by atoms with Crippen LogP contribution in [0.2, 0.25) is 5.02 Å². The van der Waals surface area contributed by atoms with Crippen molar-refractivity contribution in [3.8, 4) is 0 Å². The molecule has 0 bridgehead atoms. The van der Waals surface area contributed by atoms with Crippen molar-refractivity contribution < 1.29 is 0 Å². The summed E-state index contributed by atoms with van der Waals surface area (Å²) in [6, 6.07) is 6.48. The number of nitrogens with one attached hydrogen (secondary N) is 1. The Morgan fingerprint density at radius 1 is 1.35 bits per heavy atom. The molecule has 0 spiro atoms. The highest BCUT2D eigenvalue weighted by Gasteiger charge is 2.15. The van der Waals surface area contributed by atoms with E-state index in [0.717, 1.165) is 21.7 Å². The molecule has 0 radical (unpaired) electrons. The number of anilines is 1. The van der Waals surface area contributed by atoms with Crippen LogP contribution < -0.4 is 5.32 Å². The number of likely N-dealkylation sites (tertiary alicyclic amines) is 1. The van der Waals surface area contributed by atoms with Gasteiger partial charge in [0.05, 0.1) is 10.7 Å². The fourth-order valence-corrected chi connectivity index (χ4v) is 2.75. The Labute approximate surface area is 116 Å². The Morgan fingerprint density at radius 3 is 3.00 bits per heavy atom. The van der Waals surface area contributed by atoms with E-state index in [1.165, 1.54) is 25.8 Å². The van der Waals surface area contributed by atoms with Gasteiger partial charge in [-0.2, -0.15) is 0 Å². The standard InChI is InChI=1S/C13H18BrClN2/c1-17-7-2-3-11(6-8-17)16-13-9-10(14)4-5-12(13)15/h4-5,9,11,16H,2-3,6-8H2,1H3. The second kappa shape index (κ2) is 6.07. The lowest BCUT2D eigenvalue weighted by Crippen LogP contribution is -2.23. The Morgan fingerprint density at radius 2 is 2.18 bits per heavy atom. The van der Waals surface area contributed by atoms with E-state index in [0.29, 0.717) is 6.04 Å². The lowest BCUT2D eigenvalue weighted by molar-refractivity contribution is 0.348. The molecule has 1 aromatic carbocycles. The summed E-state index contributed by atoms with van der Waals surface area (Å²) < 4.78 is 1.06. The number of nitrogens with zero attached hydrogens (tertiary/aromatic N) is 1. The van der Waals surface area contributed by atoms with Gasteiger partial charge in [0.2, 0.25) is 0 Å². The van der Waals surface area contributed by atoms with Crippen LogP contribution in [0, 0.1) is 0 Å². The molecule has 0 aliphatic carbocycles. The molecule has 1 heterocycles. The molecule has 1 fully saturated rings. The Hall–Kier alpha value is -0.250. The third kappa shape index (κ3) is 3.87. The van der Waals surface area contributed by atoms with E-state index in [-0.39, 0.29) is 0 Å². The van der Waals surface area contributed by atoms with E-state index >= 15 is 0 Å². The number of rotatable bonds is 2. The molecule has 4 heteroatoms. The molecular formula is C13H18BrClN2. The van der Waals surface area contributed by atoms with E-state index in [9.17, 15) is 0 Å². The van der Waals surface area contributed by atoms with Crippen molar-refractivity contribution in [3.05, 3.63) is 27.7 Å². The van der Waals surface area contributed by atoms with E-state index < -0.39 is 0 Å². The molecule has 0 aromatic heterocycles. The van der Waals surface area contributed by atoms with Crippen molar-refractivity contribution >= 4 is 33.2 Å². The summed E-state index contributed by atoms with van der Waals surface area (Å²) in [5.41, 5.74) is 1.04. The zero-order valence-corrected chi connectivity index (χ0v) is 12.4. The predicted octanol–water partition coefficient (Wildman–Crippen LogP) is 4.00. The van der Waals surface area contributed by atoms with Crippen molar-refractivity contribution in [1.82, 2.24) is 4.90 Å². The third-order valence-electron chi connectivity index (χ3n) is 3.24. The SMILES string of the molecule is CN1CCCC(Nc2cc(Br)ccc2Cl)CC1. The molecule has 1 aliphatic rings. The van der Waals surface area contributed by atoms with Gasteiger partial charge in [0.1, 0.15) is 0 Å². The first-order chi connectivity index (χ1) is 8.15. The summed E-state index contributed by atoms with van der Waals surface area (Å²) >= 11 is 9.67. The van der Waals surface area contributed by atoms with Crippen molar-refractivity contribution in [3.63, 3.8) is 0 Å². The number of hydrogen-bond acceptors (Lipinski definition) is 2. The van der Waals surface area contributed by atoms with Crippen LogP contribution >= 0.6 is 27.5 Å². The van der Waals surface area contributed by atoms with Crippen LogP contribution in [0.4, 0.5) is 5.69 Å². The van der Waals surface area contributed by atoms with Crippen molar-refractivity contribution in [2.45, 2.75) is 25.3 Å². The molecule has 17 heavy (non-hydrogen) atoms. The zero-order chi connectivity index (χ0) is 12.3. The van der Waals surface area contributed by atoms with E-state index in [2.05, 4.69) is 39.3 Å². The molecule has 1 aromatic rings. The number of halogens is 2. The third-order valence-corrected chi connectivity index (χ3v) is 4.06. The maximum atomic E-state index is 6.19. The van der Waals surface area contributed by atoms with Gasteiger partial charge in [-0.15, -0.1) is 0 Å². The van der Waals surface area contributed by atoms with E-state index in [1.54, 1.807) is 0 Å². The van der Waals surface area contributed by atoms with Crippen molar-refractivity contribution in [1.29, 1.82) is 0 Å². The highest BCUT2D eigenvalue weighted by Crippen LogP contribution is 2.27. The topological polar surface area (TPSA) is 15.3 Å². The Kier molecular flexibility index (Phi) is 4.71. The summed E-state index contributed by atoms with van der Waals surface area (Å²) in [7, 11) is 2.19. The van der Waals surface area contributed by atoms with Crippen LogP contribution in [0.1, 0.15) is 19.3 Å². The first-order valence-corrected chi connectivity index (χ1v) is 7.22. The minimum atomic E-state index is 0.534. The summed E-state index contributed by atoms with van der Waals surface area (Å²) in [4.78, 5) is 2.39. The minimum absolute atomic E-state index is 0.534. The Bertz CT molecular complexity index is 384. The van der Waals surface area contributed by atoms with Gasteiger partial charge in [-0.05, 0) is 57.6 Å². The molecule has 94 valence electrons. The zero-order valence-electron chi connectivity index (χ0n) is 10.0. The first-order valence-electron chi connectivity index (χ1n) is 6.05. The fourth-order valence-electron chi connectivity index (χ4n) is 2.21. The maximum absolute atomic E-state index is 6.19. The van der Waals surface area contributed by atoms with E-state index in [4.69, 9.17) is 11.6 Å². The van der Waals surface area contributed by atoms with Crippen LogP contribution in [-0.2, 0) is 0 Å². The van der Waals surface area contributed by atoms with Crippen molar-refractivity contribution in [2.24, 2.45) is 0 Å². The second-order valence-corrected chi connectivity index (χ2v) is 6.02. The quantitative estimate of drug-likeness (QED) is 0.887. The largest absolute Gasteiger partial charge is 0.381 e. The highest BCUT2D eigenvalue weighted by molar-refractivity contribution is 9.10. The molecule has 1 atom stereocenters. The molecule has 0 saturated carbocycles. The van der Waals surface area contributed by atoms with E-state index in [1.807, 2.05) is 12.1 Å². The van der Waals surface area contributed by atoms with Crippen molar-refractivity contribution in [2.75, 3.05) is 25.5 Å². The predicted molar refractivity (Wildman–Crippen MR) is 77.9 cm³/mol. The summed E-state index contributed by atoms with van der Waals surface area (Å²) in [6.07, 6.45) is 3.65. The van der Waals surface area contributed by atoms with Crippen LogP contribution in [-0.4, -0.2) is 31.1 Å². The average Bonchev–Trinajstić information content (AvgIpc) is 2.49. The van der Waals surface area contributed by atoms with Gasteiger partial charge in [-0.3, -0.25) is 0 Å². The van der Waals surface area contributed by atoms with Gasteiger partial charge in [-0.25, -0.2) is 0 Å². The molecule has 1 N–H and O–H groups in total. The fraction of sp³-hybridized carbons (Fsp3) is 0.538. The van der Waals surface area contributed by atoms with Crippen LogP contribution in [0.25, 0.3) is 0 Å². The molecule has 2 nitrogen and oxygen atoms in total. The maximum Gasteiger partial charge on any atom is 0.0638 e. The molecule has 0 amide bonds. The number of hydrogen-bond donors (Lipinski definition) is 1. The van der Waals surface area contributed by atoms with Crippen LogP contribution in [0.3, 0.4) is 0 Å². The lowest BCUT2D eigenvalue weighted by atomic mass is 10.1. The molecule has 1 saturated heterocycles. The van der Waals surface area contributed by atoms with Gasteiger partial charge >= 0.3 is 0 Å². The van der Waals surface area contributed by atoms with Gasteiger partial charge in [-0.1, -0.05) is 27.5 Å². The minimum Gasteiger partial charge on any atom is -0.381 e. The van der Waals surface area contributed by atoms with Gasteiger partial charge < -0.3 is 10.2 Å².